The first kappa shape index (κ1) is 17.9. The highest BCUT2D eigenvalue weighted by molar-refractivity contribution is 5.97. The average Bonchev–Trinajstić information content (AvgIpc) is 2.81. The second-order valence-electron chi connectivity index (χ2n) is 7.09. The lowest BCUT2D eigenvalue weighted by Crippen LogP contribution is -2.25. The van der Waals surface area contributed by atoms with Gasteiger partial charge in [0.15, 0.2) is 12.4 Å². The van der Waals surface area contributed by atoms with E-state index >= 15 is 0 Å². The number of ether oxygens (including phenoxy) is 1. The van der Waals surface area contributed by atoms with Crippen molar-refractivity contribution in [3.8, 4) is 0 Å². The Kier molecular flexibility index (Phi) is 4.68. The number of fused-ring (bicyclic) bond motifs is 1. The number of nitrogens with zero attached hydrogens (tertiary/aromatic N) is 1. The smallest absolute Gasteiger partial charge is 0.338 e. The zero-order valence-corrected chi connectivity index (χ0v) is 15.6. The minimum Gasteiger partial charge on any atom is -0.454 e. The van der Waals surface area contributed by atoms with Crippen molar-refractivity contribution in [1.29, 1.82) is 0 Å². The Bertz CT molecular complexity index is 896. The van der Waals surface area contributed by atoms with Gasteiger partial charge in [0.25, 0.3) is 0 Å². The first-order chi connectivity index (χ1) is 12.3. The summed E-state index contributed by atoms with van der Waals surface area (Å²) in [7, 11) is 1.95. The lowest BCUT2D eigenvalue weighted by Gasteiger charge is -2.23. The van der Waals surface area contributed by atoms with Crippen molar-refractivity contribution in [2.75, 3.05) is 18.6 Å². The predicted molar refractivity (Wildman–Crippen MR) is 102 cm³/mol. The van der Waals surface area contributed by atoms with Gasteiger partial charge >= 0.3 is 5.97 Å². The molecule has 4 nitrogen and oxygen atoms in total. The van der Waals surface area contributed by atoms with Crippen LogP contribution >= 0.6 is 0 Å². The zero-order valence-electron chi connectivity index (χ0n) is 15.6. The van der Waals surface area contributed by atoms with Crippen LogP contribution in [0.3, 0.4) is 0 Å². The number of carbonyl (C=O) groups is 2. The van der Waals surface area contributed by atoms with Crippen molar-refractivity contribution in [3.05, 3.63) is 77.0 Å². The number of likely N-dealkylation sites (N-methyl/N-ethyl adjacent to an activating group) is 1. The molecule has 0 radical (unpaired) electrons. The summed E-state index contributed by atoms with van der Waals surface area (Å²) in [6.45, 7) is 5.76. The lowest BCUT2D eigenvalue weighted by atomic mass is 9.83. The van der Waals surface area contributed by atoms with Gasteiger partial charge in [-0.1, -0.05) is 50.2 Å². The van der Waals surface area contributed by atoms with Crippen LogP contribution in [0.25, 0.3) is 0 Å². The Morgan fingerprint density at radius 2 is 1.73 bits per heavy atom. The number of carbonyl (C=O) groups excluding carboxylic acids is 2. The van der Waals surface area contributed by atoms with Gasteiger partial charge in [-0.05, 0) is 30.2 Å². The number of esters is 1. The number of aryl methyl sites for hydroxylation is 1. The molecule has 3 rings (SSSR count). The summed E-state index contributed by atoms with van der Waals surface area (Å²) < 4.78 is 5.21. The van der Waals surface area contributed by atoms with Crippen molar-refractivity contribution < 1.29 is 14.3 Å². The van der Waals surface area contributed by atoms with E-state index in [1.807, 2.05) is 49.2 Å². The Hall–Kier alpha value is -2.88. The van der Waals surface area contributed by atoms with E-state index in [4.69, 9.17) is 4.74 Å². The van der Waals surface area contributed by atoms with E-state index in [-0.39, 0.29) is 17.8 Å². The SMILES string of the molecule is Cc1ccccc1C(=O)OCC(=O)C=C1N(C)c2ccccc2C1(C)C. The van der Waals surface area contributed by atoms with Crippen LogP contribution in [-0.2, 0) is 14.9 Å². The molecule has 1 aliphatic rings. The number of rotatable bonds is 4. The quantitative estimate of drug-likeness (QED) is 0.617. The summed E-state index contributed by atoms with van der Waals surface area (Å²) in [5.41, 5.74) is 4.21. The van der Waals surface area contributed by atoms with Gasteiger partial charge in [-0.15, -0.1) is 0 Å². The number of ketones is 1. The van der Waals surface area contributed by atoms with Gasteiger partial charge in [0, 0.05) is 29.9 Å². The third-order valence-corrected chi connectivity index (χ3v) is 4.95. The van der Waals surface area contributed by atoms with Gasteiger partial charge < -0.3 is 9.64 Å². The number of benzene rings is 2. The third kappa shape index (κ3) is 3.15. The summed E-state index contributed by atoms with van der Waals surface area (Å²) in [6.07, 6.45) is 1.59. The van der Waals surface area contributed by atoms with Crippen LogP contribution in [-0.4, -0.2) is 25.4 Å². The monoisotopic (exact) mass is 349 g/mol. The molecule has 0 N–H and O–H groups in total. The van der Waals surface area contributed by atoms with Crippen LogP contribution < -0.4 is 4.90 Å². The Balaban J connectivity index is 1.74. The van der Waals surface area contributed by atoms with E-state index in [1.54, 1.807) is 18.2 Å². The molecule has 26 heavy (non-hydrogen) atoms. The summed E-state index contributed by atoms with van der Waals surface area (Å²) in [4.78, 5) is 26.6. The fourth-order valence-electron chi connectivity index (χ4n) is 3.47. The molecule has 0 unspecified atom stereocenters. The van der Waals surface area contributed by atoms with Crippen molar-refractivity contribution >= 4 is 17.4 Å². The maximum absolute atomic E-state index is 12.4. The van der Waals surface area contributed by atoms with E-state index < -0.39 is 5.97 Å². The number of allylic oxidation sites excluding steroid dienone is 1. The first-order valence-electron chi connectivity index (χ1n) is 8.63. The summed E-state index contributed by atoms with van der Waals surface area (Å²) in [5, 5.41) is 0. The molecule has 0 aliphatic carbocycles. The van der Waals surface area contributed by atoms with Gasteiger partial charge in [-0.3, -0.25) is 4.79 Å². The van der Waals surface area contributed by atoms with E-state index in [0.717, 1.165) is 16.9 Å². The molecule has 2 aromatic carbocycles. The maximum Gasteiger partial charge on any atom is 0.338 e. The van der Waals surface area contributed by atoms with Crippen molar-refractivity contribution in [2.45, 2.75) is 26.2 Å². The minimum atomic E-state index is -0.475. The normalized spacial score (nSPS) is 16.5. The molecule has 0 saturated carbocycles. The second kappa shape index (κ2) is 6.79. The summed E-state index contributed by atoms with van der Waals surface area (Å²) >= 11 is 0. The predicted octanol–water partition coefficient (Wildman–Crippen LogP) is 4.03. The highest BCUT2D eigenvalue weighted by Crippen LogP contribution is 2.46. The van der Waals surface area contributed by atoms with Crippen molar-refractivity contribution in [2.24, 2.45) is 0 Å². The highest BCUT2D eigenvalue weighted by Gasteiger charge is 2.38. The molecule has 2 aromatic rings. The molecule has 0 atom stereocenters. The summed E-state index contributed by atoms with van der Waals surface area (Å²) in [5.74, 6) is -0.702. The zero-order chi connectivity index (χ0) is 18.9. The molecule has 0 fully saturated rings. The molecular weight excluding hydrogens is 326 g/mol. The molecule has 1 aliphatic heterocycles. The molecule has 0 saturated heterocycles. The highest BCUT2D eigenvalue weighted by atomic mass is 16.5. The van der Waals surface area contributed by atoms with E-state index in [2.05, 4.69) is 19.9 Å². The van der Waals surface area contributed by atoms with Crippen LogP contribution in [0, 0.1) is 6.92 Å². The van der Waals surface area contributed by atoms with E-state index in [9.17, 15) is 9.59 Å². The van der Waals surface area contributed by atoms with E-state index in [0.29, 0.717) is 5.56 Å². The molecule has 4 heteroatoms. The van der Waals surface area contributed by atoms with Gasteiger partial charge in [0.1, 0.15) is 0 Å². The molecule has 134 valence electrons. The molecule has 0 bridgehead atoms. The van der Waals surface area contributed by atoms with Gasteiger partial charge in [-0.25, -0.2) is 4.79 Å². The first-order valence-corrected chi connectivity index (χ1v) is 8.63. The van der Waals surface area contributed by atoms with Gasteiger partial charge in [0.2, 0.25) is 0 Å². The standard InChI is InChI=1S/C22H23NO3/c1-15-9-5-6-10-17(15)21(25)26-14-16(24)13-20-22(2,3)18-11-7-8-12-19(18)23(20)4/h5-13H,14H2,1-4H3. The third-order valence-electron chi connectivity index (χ3n) is 4.95. The van der Waals surface area contributed by atoms with Crippen molar-refractivity contribution in [1.82, 2.24) is 0 Å². The van der Waals surface area contributed by atoms with Crippen LogP contribution in [0.5, 0.6) is 0 Å². The van der Waals surface area contributed by atoms with Crippen LogP contribution in [0.2, 0.25) is 0 Å². The Labute approximate surface area is 154 Å². The van der Waals surface area contributed by atoms with Gasteiger partial charge in [-0.2, -0.15) is 0 Å². The van der Waals surface area contributed by atoms with Crippen LogP contribution in [0.15, 0.2) is 60.3 Å². The number of para-hydroxylation sites is 1. The molecule has 0 aromatic heterocycles. The number of hydrogen-bond acceptors (Lipinski definition) is 4. The van der Waals surface area contributed by atoms with Gasteiger partial charge in [0.05, 0.1) is 5.56 Å². The fraction of sp³-hybridized carbons (Fsp3) is 0.273. The topological polar surface area (TPSA) is 46.6 Å². The molecule has 0 spiro atoms. The Morgan fingerprint density at radius 3 is 2.42 bits per heavy atom. The maximum atomic E-state index is 12.4. The van der Waals surface area contributed by atoms with Crippen molar-refractivity contribution in [3.63, 3.8) is 0 Å². The number of hydrogen-bond donors (Lipinski definition) is 0. The Morgan fingerprint density at radius 1 is 1.08 bits per heavy atom. The largest absolute Gasteiger partial charge is 0.454 e. The lowest BCUT2D eigenvalue weighted by molar-refractivity contribution is -0.117. The van der Waals surface area contributed by atoms with Crippen LogP contribution in [0.1, 0.15) is 35.3 Å². The second-order valence-corrected chi connectivity index (χ2v) is 7.09. The number of anilines is 1. The molecule has 0 amide bonds. The summed E-state index contributed by atoms with van der Waals surface area (Å²) in [6, 6.07) is 15.3. The fourth-order valence-corrected chi connectivity index (χ4v) is 3.47. The van der Waals surface area contributed by atoms with Crippen LogP contribution in [0.4, 0.5) is 5.69 Å². The van der Waals surface area contributed by atoms with E-state index in [1.165, 1.54) is 5.56 Å². The molecule has 1 heterocycles. The molecular formula is C22H23NO3. The average molecular weight is 349 g/mol. The minimum absolute atomic E-state index is 0.227.